The molecular weight excluding hydrogens is 447 g/mol. The van der Waals surface area contributed by atoms with Crippen LogP contribution in [0.1, 0.15) is 5.56 Å². The molecule has 34 heavy (non-hydrogen) atoms. The van der Waals surface area contributed by atoms with Gasteiger partial charge in [0.05, 0.1) is 11.3 Å². The van der Waals surface area contributed by atoms with Gasteiger partial charge in [-0.1, -0.05) is 24.3 Å². The summed E-state index contributed by atoms with van der Waals surface area (Å²) in [6, 6.07) is 13.8. The van der Waals surface area contributed by atoms with E-state index in [0.29, 0.717) is 39.5 Å². The highest BCUT2D eigenvalue weighted by atomic mass is 19.4. The minimum absolute atomic E-state index is 0.105. The van der Waals surface area contributed by atoms with Crippen LogP contribution in [-0.2, 0) is 4.79 Å². The summed E-state index contributed by atoms with van der Waals surface area (Å²) in [4.78, 5) is 24.5. The second-order valence-corrected chi connectivity index (χ2v) is 7.23. The lowest BCUT2D eigenvalue weighted by Crippen LogP contribution is -2.11. The van der Waals surface area contributed by atoms with Crippen LogP contribution in [0, 0.1) is 6.92 Å². The number of ether oxygens (including phenoxy) is 1. The number of hydrogen-bond acceptors (Lipinski definition) is 6. The van der Waals surface area contributed by atoms with Crippen molar-refractivity contribution in [3.8, 4) is 22.9 Å². The number of halogens is 3. The number of anilines is 2. The van der Waals surface area contributed by atoms with Gasteiger partial charge in [0.2, 0.25) is 17.7 Å². The third-order valence-corrected chi connectivity index (χ3v) is 4.81. The lowest BCUT2D eigenvalue weighted by atomic mass is 10.0. The Morgan fingerprint density at radius 2 is 1.85 bits per heavy atom. The zero-order valence-corrected chi connectivity index (χ0v) is 17.8. The number of aromatic nitrogens is 3. The van der Waals surface area contributed by atoms with E-state index in [0.717, 1.165) is 5.56 Å². The zero-order valence-electron chi connectivity index (χ0n) is 17.8. The van der Waals surface area contributed by atoms with Crippen molar-refractivity contribution in [1.82, 2.24) is 15.0 Å². The van der Waals surface area contributed by atoms with E-state index < -0.39 is 12.1 Å². The lowest BCUT2D eigenvalue weighted by molar-refractivity contribution is -0.112. The van der Waals surface area contributed by atoms with E-state index in [-0.39, 0.29) is 17.9 Å². The molecule has 0 saturated heterocycles. The highest BCUT2D eigenvalue weighted by Crippen LogP contribution is 2.38. The predicted molar refractivity (Wildman–Crippen MR) is 122 cm³/mol. The molecule has 0 saturated carbocycles. The number of nitrogens with zero attached hydrogens (tertiary/aromatic N) is 3. The Kier molecular flexibility index (Phi) is 6.13. The van der Waals surface area contributed by atoms with Gasteiger partial charge in [0.1, 0.15) is 5.75 Å². The summed E-state index contributed by atoms with van der Waals surface area (Å²) in [5, 5.41) is 3.70. The van der Waals surface area contributed by atoms with Crippen molar-refractivity contribution in [2.75, 3.05) is 11.1 Å². The van der Waals surface area contributed by atoms with Crippen molar-refractivity contribution < 1.29 is 22.7 Å². The fourth-order valence-electron chi connectivity index (χ4n) is 3.32. The van der Waals surface area contributed by atoms with Crippen LogP contribution in [0.2, 0.25) is 0 Å². The van der Waals surface area contributed by atoms with Gasteiger partial charge in [-0.15, -0.1) is 0 Å². The Morgan fingerprint density at radius 3 is 2.62 bits per heavy atom. The number of nitrogen functional groups attached to an aromatic ring is 1. The zero-order chi connectivity index (χ0) is 24.3. The van der Waals surface area contributed by atoms with E-state index in [4.69, 9.17) is 10.5 Å². The van der Waals surface area contributed by atoms with Gasteiger partial charge < -0.3 is 15.8 Å². The maximum Gasteiger partial charge on any atom is 0.409 e. The number of nitrogens with two attached hydrogens (primary N) is 1. The quantitative estimate of drug-likeness (QED) is 0.381. The van der Waals surface area contributed by atoms with Crippen LogP contribution >= 0.6 is 0 Å². The maximum absolute atomic E-state index is 12.4. The number of amides is 1. The highest BCUT2D eigenvalue weighted by Gasteiger charge is 2.22. The molecule has 0 bridgehead atoms. The summed E-state index contributed by atoms with van der Waals surface area (Å²) in [6.07, 6.45) is -1.15. The molecular formula is C24H18F3N5O2. The van der Waals surface area contributed by atoms with E-state index >= 15 is 0 Å². The molecule has 0 aliphatic rings. The van der Waals surface area contributed by atoms with Crippen LogP contribution in [0.5, 0.6) is 11.6 Å². The number of benzene rings is 2. The number of carbonyl (C=O) groups excluding carboxylic acids is 1. The van der Waals surface area contributed by atoms with Gasteiger partial charge in [-0.05, 0) is 36.8 Å². The molecule has 0 atom stereocenters. The van der Waals surface area contributed by atoms with Crippen LogP contribution < -0.4 is 15.8 Å². The summed E-state index contributed by atoms with van der Waals surface area (Å²) in [5.41, 5.74) is 7.95. The first kappa shape index (κ1) is 22.7. The van der Waals surface area contributed by atoms with Crippen molar-refractivity contribution in [2.45, 2.75) is 13.1 Å². The molecule has 172 valence electrons. The molecule has 4 rings (SSSR count). The van der Waals surface area contributed by atoms with E-state index in [1.54, 1.807) is 54.7 Å². The molecule has 4 aromatic rings. The second kappa shape index (κ2) is 9.18. The second-order valence-electron chi connectivity index (χ2n) is 7.23. The Bertz CT molecular complexity index is 1400. The van der Waals surface area contributed by atoms with Crippen LogP contribution in [0.15, 0.2) is 73.1 Å². The van der Waals surface area contributed by atoms with E-state index in [9.17, 15) is 18.0 Å². The summed E-state index contributed by atoms with van der Waals surface area (Å²) in [6.45, 7) is 1.84. The van der Waals surface area contributed by atoms with Gasteiger partial charge in [-0.25, -0.2) is 15.0 Å². The third kappa shape index (κ3) is 5.12. The standard InChI is InChI=1S/C24H18F3N5O2/c1-14-7-8-15-16(4-2-6-18(15)31-20(33)9-11-24(25,26)27)21(14)34-22-17(5-3-12-29-22)19-10-13-30-23(28)32-19/h2-13H,1H3,(H,31,33)(H2,28,30,32)/b11-9+. The number of allylic oxidation sites excluding steroid dienone is 1. The monoisotopic (exact) mass is 465 g/mol. The van der Waals surface area contributed by atoms with E-state index in [2.05, 4.69) is 20.3 Å². The van der Waals surface area contributed by atoms with Gasteiger partial charge in [-0.3, -0.25) is 4.79 Å². The normalized spacial score (nSPS) is 11.6. The SMILES string of the molecule is Cc1ccc2c(NC(=O)/C=C/C(F)(F)F)cccc2c1Oc1ncccc1-c1ccnc(N)n1. The molecule has 0 aliphatic carbocycles. The number of aryl methyl sites for hydroxylation is 1. The third-order valence-electron chi connectivity index (χ3n) is 4.81. The van der Waals surface area contributed by atoms with Gasteiger partial charge >= 0.3 is 6.18 Å². The Labute approximate surface area is 192 Å². The van der Waals surface area contributed by atoms with E-state index in [1.807, 2.05) is 6.92 Å². The molecule has 2 aromatic carbocycles. The molecule has 2 aromatic heterocycles. The average Bonchev–Trinajstić information content (AvgIpc) is 2.79. The van der Waals surface area contributed by atoms with Gasteiger partial charge in [0.25, 0.3) is 0 Å². The Hall–Kier alpha value is -4.47. The van der Waals surface area contributed by atoms with Crippen LogP contribution in [-0.4, -0.2) is 27.0 Å². The van der Waals surface area contributed by atoms with Crippen molar-refractivity contribution in [3.05, 3.63) is 78.6 Å². The molecule has 0 aliphatic heterocycles. The highest BCUT2D eigenvalue weighted by molar-refractivity contribution is 6.07. The van der Waals surface area contributed by atoms with Gasteiger partial charge in [0.15, 0.2) is 0 Å². The summed E-state index contributed by atoms with van der Waals surface area (Å²) in [5.74, 6) is -0.0463. The molecule has 0 unspecified atom stereocenters. The number of rotatable bonds is 5. The van der Waals surface area contributed by atoms with Crippen molar-refractivity contribution in [1.29, 1.82) is 0 Å². The summed E-state index contributed by atoms with van der Waals surface area (Å²) in [7, 11) is 0. The first-order valence-corrected chi connectivity index (χ1v) is 10.0. The van der Waals surface area contributed by atoms with Crippen molar-refractivity contribution >= 4 is 28.3 Å². The molecule has 10 heteroatoms. The molecule has 0 spiro atoms. The van der Waals surface area contributed by atoms with E-state index in [1.165, 1.54) is 6.20 Å². The van der Waals surface area contributed by atoms with Gasteiger partial charge in [0, 0.05) is 41.0 Å². The predicted octanol–water partition coefficient (Wildman–Crippen LogP) is 5.43. The number of nitrogens with one attached hydrogen (secondary N) is 1. The van der Waals surface area contributed by atoms with Crippen LogP contribution in [0.3, 0.4) is 0 Å². The largest absolute Gasteiger partial charge is 0.437 e. The number of fused-ring (bicyclic) bond motifs is 1. The topological polar surface area (TPSA) is 103 Å². The summed E-state index contributed by atoms with van der Waals surface area (Å²) >= 11 is 0. The number of carbonyl (C=O) groups is 1. The summed E-state index contributed by atoms with van der Waals surface area (Å²) < 4.78 is 43.4. The van der Waals surface area contributed by atoms with Crippen molar-refractivity contribution in [3.63, 3.8) is 0 Å². The molecule has 1 amide bonds. The number of pyridine rings is 1. The minimum atomic E-state index is -4.58. The Balaban J connectivity index is 1.73. The van der Waals surface area contributed by atoms with Gasteiger partial charge in [-0.2, -0.15) is 13.2 Å². The van der Waals surface area contributed by atoms with Crippen LogP contribution in [0.25, 0.3) is 22.0 Å². The minimum Gasteiger partial charge on any atom is -0.437 e. The number of hydrogen-bond donors (Lipinski definition) is 2. The smallest absolute Gasteiger partial charge is 0.409 e. The average molecular weight is 465 g/mol. The maximum atomic E-state index is 12.4. The first-order chi connectivity index (χ1) is 16.2. The fourth-order valence-corrected chi connectivity index (χ4v) is 3.32. The van der Waals surface area contributed by atoms with Crippen molar-refractivity contribution in [2.24, 2.45) is 0 Å². The Morgan fingerprint density at radius 1 is 1.03 bits per heavy atom. The molecule has 0 radical (unpaired) electrons. The molecule has 3 N–H and O–H groups in total. The molecule has 7 nitrogen and oxygen atoms in total. The lowest BCUT2D eigenvalue weighted by Gasteiger charge is -2.15. The molecule has 0 fully saturated rings. The fraction of sp³-hybridized carbons (Fsp3) is 0.0833. The number of alkyl halides is 3. The first-order valence-electron chi connectivity index (χ1n) is 10.0. The van der Waals surface area contributed by atoms with Crippen LogP contribution in [0.4, 0.5) is 24.8 Å². The molecule has 2 heterocycles.